The number of hydrogen-bond donors (Lipinski definition) is 1. The second kappa shape index (κ2) is 6.37. The van der Waals surface area contributed by atoms with Gasteiger partial charge in [0.15, 0.2) is 0 Å². The molecule has 3 heterocycles. The highest BCUT2D eigenvalue weighted by Gasteiger charge is 2.33. The molecule has 0 saturated heterocycles. The lowest BCUT2D eigenvalue weighted by molar-refractivity contribution is -0.141. The second-order valence-electron chi connectivity index (χ2n) is 5.62. The maximum atomic E-state index is 12.8. The van der Waals surface area contributed by atoms with Crippen LogP contribution in [0.25, 0.3) is 11.0 Å². The van der Waals surface area contributed by atoms with E-state index in [1.54, 1.807) is 12.1 Å². The summed E-state index contributed by atoms with van der Waals surface area (Å²) in [4.78, 5) is 32.2. The molecule has 0 fully saturated rings. The minimum absolute atomic E-state index is 0.154. The standard InChI is InChI=1S/C16H13F3N4O3/c1-22-13-10(4-5-12(21-13)16(17,18)19)14(25)23(15(22)26)8-11(24)9-3-2-6-20-7-9/h2-7,11,24H,8H2,1H3. The number of rotatable bonds is 3. The predicted molar refractivity (Wildman–Crippen MR) is 85.4 cm³/mol. The average Bonchev–Trinajstić information content (AvgIpc) is 2.62. The lowest BCUT2D eigenvalue weighted by Gasteiger charge is -2.15. The molecule has 1 atom stereocenters. The van der Waals surface area contributed by atoms with Gasteiger partial charge in [0, 0.05) is 25.0 Å². The van der Waals surface area contributed by atoms with E-state index in [9.17, 15) is 27.9 Å². The largest absolute Gasteiger partial charge is 0.433 e. The van der Waals surface area contributed by atoms with E-state index in [0.29, 0.717) is 11.6 Å². The number of nitrogens with zero attached hydrogens (tertiary/aromatic N) is 4. The van der Waals surface area contributed by atoms with E-state index in [1.807, 2.05) is 0 Å². The predicted octanol–water partition coefficient (Wildman–Crippen LogP) is 1.24. The fourth-order valence-corrected chi connectivity index (χ4v) is 2.55. The Bertz CT molecular complexity index is 1070. The third kappa shape index (κ3) is 3.10. The Morgan fingerprint density at radius 2 is 1.96 bits per heavy atom. The van der Waals surface area contributed by atoms with Crippen LogP contribution in [0.2, 0.25) is 0 Å². The summed E-state index contributed by atoms with van der Waals surface area (Å²) in [6, 6.07) is 4.81. The molecular weight excluding hydrogens is 353 g/mol. The van der Waals surface area contributed by atoms with Crippen molar-refractivity contribution in [2.45, 2.75) is 18.8 Å². The van der Waals surface area contributed by atoms with Gasteiger partial charge in [-0.25, -0.2) is 9.78 Å². The molecule has 3 rings (SSSR count). The molecule has 0 aliphatic carbocycles. The molecule has 1 unspecified atom stereocenters. The molecule has 0 aromatic carbocycles. The topological polar surface area (TPSA) is 90.0 Å². The highest BCUT2D eigenvalue weighted by atomic mass is 19.4. The molecule has 136 valence electrons. The van der Waals surface area contributed by atoms with Gasteiger partial charge in [-0.1, -0.05) is 6.07 Å². The SMILES string of the molecule is Cn1c(=O)n(CC(O)c2cccnc2)c(=O)c2ccc(C(F)(F)F)nc21. The minimum atomic E-state index is -4.70. The van der Waals surface area contributed by atoms with Gasteiger partial charge < -0.3 is 5.11 Å². The number of aliphatic hydroxyl groups excluding tert-OH is 1. The van der Waals surface area contributed by atoms with Crippen LogP contribution in [-0.4, -0.2) is 24.2 Å². The van der Waals surface area contributed by atoms with Crippen LogP contribution in [0.1, 0.15) is 17.4 Å². The number of halogens is 3. The molecule has 0 spiro atoms. The molecule has 0 bridgehead atoms. The van der Waals surface area contributed by atoms with Crippen LogP contribution in [0, 0.1) is 0 Å². The summed E-state index contributed by atoms with van der Waals surface area (Å²) in [7, 11) is 1.21. The smallest absolute Gasteiger partial charge is 0.386 e. The molecule has 26 heavy (non-hydrogen) atoms. The molecule has 0 aliphatic heterocycles. The third-order valence-electron chi connectivity index (χ3n) is 3.90. The summed E-state index contributed by atoms with van der Waals surface area (Å²) in [6.45, 7) is -0.367. The highest BCUT2D eigenvalue weighted by Crippen LogP contribution is 2.28. The number of aliphatic hydroxyl groups is 1. The normalized spacial score (nSPS) is 13.1. The Morgan fingerprint density at radius 3 is 2.58 bits per heavy atom. The minimum Gasteiger partial charge on any atom is -0.386 e. The average molecular weight is 366 g/mol. The van der Waals surface area contributed by atoms with Gasteiger partial charge in [-0.3, -0.25) is 18.9 Å². The highest BCUT2D eigenvalue weighted by molar-refractivity contribution is 5.74. The number of aryl methyl sites for hydroxylation is 1. The van der Waals surface area contributed by atoms with Crippen LogP contribution >= 0.6 is 0 Å². The van der Waals surface area contributed by atoms with Gasteiger partial charge in [-0.2, -0.15) is 13.2 Å². The van der Waals surface area contributed by atoms with E-state index in [1.165, 1.54) is 19.4 Å². The molecule has 3 aromatic heterocycles. The van der Waals surface area contributed by atoms with Crippen LogP contribution in [0.15, 0.2) is 46.2 Å². The zero-order valence-corrected chi connectivity index (χ0v) is 13.4. The van der Waals surface area contributed by atoms with Gasteiger partial charge in [0.05, 0.1) is 18.0 Å². The van der Waals surface area contributed by atoms with E-state index in [-0.39, 0.29) is 17.6 Å². The van der Waals surface area contributed by atoms with Crippen LogP contribution in [0.5, 0.6) is 0 Å². The first-order valence-electron chi connectivity index (χ1n) is 7.46. The van der Waals surface area contributed by atoms with Crippen molar-refractivity contribution in [3.05, 3.63) is 68.8 Å². The zero-order chi connectivity index (χ0) is 19.1. The summed E-state index contributed by atoms with van der Waals surface area (Å²) in [6.07, 6.45) is -3.00. The van der Waals surface area contributed by atoms with Gasteiger partial charge in [-0.15, -0.1) is 0 Å². The zero-order valence-electron chi connectivity index (χ0n) is 13.4. The quantitative estimate of drug-likeness (QED) is 0.753. The van der Waals surface area contributed by atoms with Gasteiger partial charge in [0.25, 0.3) is 5.56 Å². The van der Waals surface area contributed by atoms with Crippen LogP contribution in [0.3, 0.4) is 0 Å². The van der Waals surface area contributed by atoms with Crippen molar-refractivity contribution in [1.82, 2.24) is 19.1 Å². The maximum absolute atomic E-state index is 12.8. The Balaban J connectivity index is 2.14. The molecule has 1 N–H and O–H groups in total. The lowest BCUT2D eigenvalue weighted by atomic mass is 10.1. The van der Waals surface area contributed by atoms with E-state index in [2.05, 4.69) is 9.97 Å². The van der Waals surface area contributed by atoms with E-state index < -0.39 is 29.2 Å². The third-order valence-corrected chi connectivity index (χ3v) is 3.90. The molecule has 3 aromatic rings. The Kier molecular flexibility index (Phi) is 4.36. The van der Waals surface area contributed by atoms with E-state index in [4.69, 9.17) is 0 Å². The molecule has 7 nitrogen and oxygen atoms in total. The van der Waals surface area contributed by atoms with Crippen molar-refractivity contribution in [1.29, 1.82) is 0 Å². The summed E-state index contributed by atoms with van der Waals surface area (Å²) in [5, 5.41) is 10.1. The fraction of sp³-hybridized carbons (Fsp3) is 0.250. The molecule has 0 aliphatic rings. The molecular formula is C16H13F3N4O3. The van der Waals surface area contributed by atoms with Gasteiger partial charge in [0.1, 0.15) is 11.3 Å². The molecule has 10 heteroatoms. The maximum Gasteiger partial charge on any atom is 0.433 e. The monoisotopic (exact) mass is 366 g/mol. The van der Waals surface area contributed by atoms with Crippen molar-refractivity contribution in [2.75, 3.05) is 0 Å². The fourth-order valence-electron chi connectivity index (χ4n) is 2.55. The van der Waals surface area contributed by atoms with E-state index in [0.717, 1.165) is 15.2 Å². The van der Waals surface area contributed by atoms with Crippen LogP contribution in [0.4, 0.5) is 13.2 Å². The summed E-state index contributed by atoms with van der Waals surface area (Å²) < 4.78 is 40.1. The Labute approximate surface area is 144 Å². The van der Waals surface area contributed by atoms with Gasteiger partial charge in [-0.05, 0) is 18.2 Å². The molecule has 0 radical (unpaired) electrons. The van der Waals surface area contributed by atoms with Crippen molar-refractivity contribution in [2.24, 2.45) is 7.05 Å². The van der Waals surface area contributed by atoms with Gasteiger partial charge in [0.2, 0.25) is 0 Å². The van der Waals surface area contributed by atoms with Crippen molar-refractivity contribution in [3.8, 4) is 0 Å². The summed E-state index contributed by atoms with van der Waals surface area (Å²) in [5.41, 5.74) is -2.88. The second-order valence-corrected chi connectivity index (χ2v) is 5.62. The number of hydrogen-bond acceptors (Lipinski definition) is 5. The Hall–Kier alpha value is -3.01. The van der Waals surface area contributed by atoms with Crippen LogP contribution < -0.4 is 11.2 Å². The number of alkyl halides is 3. The first-order chi connectivity index (χ1) is 12.2. The first kappa shape index (κ1) is 17.8. The lowest BCUT2D eigenvalue weighted by Crippen LogP contribution is -2.40. The van der Waals surface area contributed by atoms with Crippen LogP contribution in [-0.2, 0) is 19.8 Å². The van der Waals surface area contributed by atoms with Crippen molar-refractivity contribution >= 4 is 11.0 Å². The molecule has 0 amide bonds. The first-order valence-corrected chi connectivity index (χ1v) is 7.46. The van der Waals surface area contributed by atoms with E-state index >= 15 is 0 Å². The van der Waals surface area contributed by atoms with Gasteiger partial charge >= 0.3 is 11.9 Å². The number of fused-ring (bicyclic) bond motifs is 1. The number of aromatic nitrogens is 4. The van der Waals surface area contributed by atoms with Crippen molar-refractivity contribution < 1.29 is 18.3 Å². The number of pyridine rings is 2. The Morgan fingerprint density at radius 1 is 1.23 bits per heavy atom. The van der Waals surface area contributed by atoms with Crippen molar-refractivity contribution in [3.63, 3.8) is 0 Å². The summed E-state index contributed by atoms with van der Waals surface area (Å²) >= 11 is 0. The summed E-state index contributed by atoms with van der Waals surface area (Å²) in [5.74, 6) is 0. The molecule has 0 saturated carbocycles.